The highest BCUT2D eigenvalue weighted by Gasteiger charge is 2.53. The zero-order chi connectivity index (χ0) is 25.0. The Labute approximate surface area is 207 Å². The maximum atomic E-state index is 13.2. The van der Waals surface area contributed by atoms with Crippen LogP contribution in [-0.2, 0) is 16.9 Å². The van der Waals surface area contributed by atoms with E-state index in [-0.39, 0.29) is 18.2 Å². The molecule has 1 atom stereocenters. The molecule has 186 valence electrons. The number of piperazine rings is 1. The number of furan rings is 1. The lowest BCUT2D eigenvalue weighted by atomic mass is 9.95. The number of hydrogen-bond donors (Lipinski definition) is 2. The smallest absolute Gasteiger partial charge is 0.322 e. The molecule has 0 bridgehead atoms. The Balaban J connectivity index is 1.33. The molecule has 36 heavy (non-hydrogen) atoms. The highest BCUT2D eigenvalue weighted by atomic mass is 16.5. The molecule has 1 aromatic carbocycles. The maximum Gasteiger partial charge on any atom is 0.322 e. The third-order valence-corrected chi connectivity index (χ3v) is 7.17. The Morgan fingerprint density at radius 3 is 2.61 bits per heavy atom. The monoisotopic (exact) mass is 490 g/mol. The van der Waals surface area contributed by atoms with Crippen LogP contribution in [0.1, 0.15) is 21.7 Å². The number of carbonyl (C=O) groups is 3. The Kier molecular flexibility index (Phi) is 5.11. The van der Waals surface area contributed by atoms with Crippen LogP contribution in [0.4, 0.5) is 10.6 Å². The van der Waals surface area contributed by atoms with E-state index in [0.717, 1.165) is 37.6 Å². The number of carbonyl (C=O) groups excluding carboxylic acids is 3. The van der Waals surface area contributed by atoms with Gasteiger partial charge in [-0.3, -0.25) is 14.9 Å². The summed E-state index contributed by atoms with van der Waals surface area (Å²) in [5.74, 6) is 0.808. The third kappa shape index (κ3) is 3.54. The number of ether oxygens (including phenoxy) is 1. The van der Waals surface area contributed by atoms with E-state index in [4.69, 9.17) is 14.1 Å². The van der Waals surface area contributed by atoms with Crippen molar-refractivity contribution in [3.63, 3.8) is 0 Å². The number of nitrogens with zero attached hydrogens (tertiary/aromatic N) is 4. The fourth-order valence-electron chi connectivity index (χ4n) is 5.07. The number of anilines is 1. The SMILES string of the molecule is COc1ccc2c(c1)C(=O)N(CC1(c3cc4nc(N5CCN(C)CC5)ccc4o3)NC(=O)NC1=O)C2. The van der Waals surface area contributed by atoms with Crippen molar-refractivity contribution in [3.05, 3.63) is 53.3 Å². The maximum absolute atomic E-state index is 13.2. The Morgan fingerprint density at radius 2 is 1.89 bits per heavy atom. The lowest BCUT2D eigenvalue weighted by molar-refractivity contribution is -0.125. The van der Waals surface area contributed by atoms with Crippen molar-refractivity contribution < 1.29 is 23.5 Å². The second-order valence-electron chi connectivity index (χ2n) is 9.45. The summed E-state index contributed by atoms with van der Waals surface area (Å²) in [6.07, 6.45) is 0. The first-order valence-electron chi connectivity index (χ1n) is 11.8. The first kappa shape index (κ1) is 22.4. The lowest BCUT2D eigenvalue weighted by Crippen LogP contribution is -2.52. The number of amides is 4. The van der Waals surface area contributed by atoms with Crippen molar-refractivity contribution in [3.8, 4) is 5.75 Å². The van der Waals surface area contributed by atoms with E-state index in [0.29, 0.717) is 29.0 Å². The lowest BCUT2D eigenvalue weighted by Gasteiger charge is -2.33. The molecule has 0 radical (unpaired) electrons. The van der Waals surface area contributed by atoms with Gasteiger partial charge in [0.05, 0.1) is 13.7 Å². The molecule has 5 heterocycles. The summed E-state index contributed by atoms with van der Waals surface area (Å²) in [5.41, 5.74) is 0.835. The molecule has 3 aliphatic rings. The van der Waals surface area contributed by atoms with Crippen LogP contribution < -0.4 is 20.3 Å². The molecule has 2 N–H and O–H groups in total. The van der Waals surface area contributed by atoms with Gasteiger partial charge in [0.1, 0.15) is 22.8 Å². The number of likely N-dealkylation sites (N-methyl/N-ethyl adjacent to an activating group) is 1. The minimum atomic E-state index is -1.58. The van der Waals surface area contributed by atoms with Crippen molar-refractivity contribution in [2.45, 2.75) is 12.1 Å². The average molecular weight is 491 g/mol. The highest BCUT2D eigenvalue weighted by Crippen LogP contribution is 2.35. The number of imide groups is 1. The first-order valence-corrected chi connectivity index (χ1v) is 11.8. The number of methoxy groups -OCH3 is 1. The number of pyridine rings is 1. The minimum Gasteiger partial charge on any atom is -0.497 e. The van der Waals surface area contributed by atoms with E-state index in [1.54, 1.807) is 18.2 Å². The van der Waals surface area contributed by atoms with Gasteiger partial charge < -0.3 is 29.2 Å². The molecule has 4 amide bonds. The van der Waals surface area contributed by atoms with Crippen LogP contribution in [-0.4, -0.2) is 79.5 Å². The van der Waals surface area contributed by atoms with Gasteiger partial charge in [-0.15, -0.1) is 0 Å². The summed E-state index contributed by atoms with van der Waals surface area (Å²) >= 11 is 0. The van der Waals surface area contributed by atoms with Gasteiger partial charge in [-0.2, -0.15) is 0 Å². The summed E-state index contributed by atoms with van der Waals surface area (Å²) in [7, 11) is 3.63. The molecule has 2 fully saturated rings. The first-order chi connectivity index (χ1) is 17.4. The molecular formula is C25H26N6O5. The zero-order valence-electron chi connectivity index (χ0n) is 20.0. The molecule has 0 aliphatic carbocycles. The van der Waals surface area contributed by atoms with Crippen LogP contribution in [0.3, 0.4) is 0 Å². The topological polar surface area (TPSA) is 120 Å². The fraction of sp³-hybridized carbons (Fsp3) is 0.360. The number of aromatic nitrogens is 1. The van der Waals surface area contributed by atoms with Crippen LogP contribution >= 0.6 is 0 Å². The molecular weight excluding hydrogens is 464 g/mol. The van der Waals surface area contributed by atoms with Gasteiger partial charge in [0.2, 0.25) is 0 Å². The predicted octanol–water partition coefficient (Wildman–Crippen LogP) is 1.28. The van der Waals surface area contributed by atoms with Crippen molar-refractivity contribution in [1.82, 2.24) is 25.4 Å². The number of fused-ring (bicyclic) bond motifs is 2. The predicted molar refractivity (Wildman–Crippen MR) is 130 cm³/mol. The van der Waals surface area contributed by atoms with E-state index in [1.807, 2.05) is 18.2 Å². The Hall–Kier alpha value is -4.12. The zero-order valence-corrected chi connectivity index (χ0v) is 20.0. The second kappa shape index (κ2) is 8.23. The number of rotatable bonds is 5. The van der Waals surface area contributed by atoms with E-state index in [1.165, 1.54) is 12.0 Å². The number of nitrogens with one attached hydrogen (secondary N) is 2. The van der Waals surface area contributed by atoms with Crippen LogP contribution in [0.5, 0.6) is 5.75 Å². The molecule has 0 saturated carbocycles. The molecule has 2 aromatic heterocycles. The summed E-state index contributed by atoms with van der Waals surface area (Å²) in [5, 5.41) is 5.02. The van der Waals surface area contributed by atoms with Gasteiger partial charge in [-0.25, -0.2) is 9.78 Å². The van der Waals surface area contributed by atoms with Crippen molar-refractivity contribution in [1.29, 1.82) is 0 Å². The van der Waals surface area contributed by atoms with Crippen molar-refractivity contribution in [2.75, 3.05) is 51.8 Å². The second-order valence-corrected chi connectivity index (χ2v) is 9.45. The van der Waals surface area contributed by atoms with Crippen molar-refractivity contribution in [2.24, 2.45) is 0 Å². The normalized spacial score (nSPS) is 22.2. The van der Waals surface area contributed by atoms with Crippen LogP contribution in [0.2, 0.25) is 0 Å². The molecule has 1 unspecified atom stereocenters. The van der Waals surface area contributed by atoms with Crippen LogP contribution in [0, 0.1) is 0 Å². The van der Waals surface area contributed by atoms with Crippen molar-refractivity contribution >= 4 is 34.8 Å². The quantitative estimate of drug-likeness (QED) is 0.514. The number of benzene rings is 1. The standard InChI is InChI=1S/C25H26N6O5/c1-29-7-9-30(10-8-29)21-6-5-19-18(26-21)12-20(36-19)25(23(33)27-24(34)28-25)14-31-13-15-3-4-16(35-2)11-17(15)22(31)32/h3-6,11-12H,7-10,13-14H2,1-2H3,(H2,27,28,33,34). The summed E-state index contributed by atoms with van der Waals surface area (Å²) < 4.78 is 11.3. The average Bonchev–Trinajstić information content (AvgIpc) is 3.53. The number of urea groups is 1. The Bertz CT molecular complexity index is 1390. The molecule has 11 nitrogen and oxygen atoms in total. The van der Waals surface area contributed by atoms with Gasteiger partial charge in [0, 0.05) is 44.4 Å². The van der Waals surface area contributed by atoms with Gasteiger partial charge in [-0.1, -0.05) is 6.07 Å². The molecule has 3 aliphatic heterocycles. The largest absolute Gasteiger partial charge is 0.497 e. The molecule has 2 saturated heterocycles. The summed E-state index contributed by atoms with van der Waals surface area (Å²) in [6, 6.07) is 10.1. The fourth-order valence-corrected chi connectivity index (χ4v) is 5.07. The molecule has 3 aromatic rings. The van der Waals surface area contributed by atoms with Crippen LogP contribution in [0.15, 0.2) is 40.8 Å². The summed E-state index contributed by atoms with van der Waals surface area (Å²) in [4.78, 5) is 49.4. The van der Waals surface area contributed by atoms with E-state index in [2.05, 4.69) is 27.5 Å². The molecule has 6 rings (SSSR count). The highest BCUT2D eigenvalue weighted by molar-refractivity contribution is 6.08. The molecule has 0 spiro atoms. The van der Waals surface area contributed by atoms with E-state index >= 15 is 0 Å². The third-order valence-electron chi connectivity index (χ3n) is 7.17. The van der Waals surface area contributed by atoms with Gasteiger partial charge in [0.25, 0.3) is 11.8 Å². The minimum absolute atomic E-state index is 0.0917. The molecule has 11 heteroatoms. The summed E-state index contributed by atoms with van der Waals surface area (Å²) in [6.45, 7) is 3.84. The van der Waals surface area contributed by atoms with Gasteiger partial charge >= 0.3 is 6.03 Å². The van der Waals surface area contributed by atoms with E-state index < -0.39 is 17.5 Å². The van der Waals surface area contributed by atoms with Gasteiger partial charge in [0.15, 0.2) is 11.1 Å². The van der Waals surface area contributed by atoms with Gasteiger partial charge in [-0.05, 0) is 36.9 Å². The number of hydrogen-bond acceptors (Lipinski definition) is 8. The Morgan fingerprint density at radius 1 is 1.08 bits per heavy atom. The van der Waals surface area contributed by atoms with E-state index in [9.17, 15) is 14.4 Å². The van der Waals surface area contributed by atoms with Crippen LogP contribution in [0.25, 0.3) is 11.1 Å².